The van der Waals surface area contributed by atoms with Crippen molar-refractivity contribution in [1.82, 2.24) is 4.57 Å². The lowest BCUT2D eigenvalue weighted by Gasteiger charge is -2.18. The zero-order valence-corrected chi connectivity index (χ0v) is 17.4. The van der Waals surface area contributed by atoms with Gasteiger partial charge in [0, 0.05) is 17.7 Å². The molecule has 0 saturated carbocycles. The first-order chi connectivity index (χ1) is 15.2. The first kappa shape index (κ1) is 19.2. The van der Waals surface area contributed by atoms with Crippen LogP contribution < -0.4 is 14.3 Å². The first-order valence-corrected chi connectivity index (χ1v) is 10.7. The highest BCUT2D eigenvalue weighted by molar-refractivity contribution is 7.16. The maximum Gasteiger partial charge on any atom is 0.279 e. The molecule has 0 spiro atoms. The maximum atomic E-state index is 12.9. The maximum absolute atomic E-state index is 12.9. The smallest absolute Gasteiger partial charge is 0.279 e. The summed E-state index contributed by atoms with van der Waals surface area (Å²) in [5.74, 6) is 3.71. The normalized spacial score (nSPS) is 13.2. The van der Waals surface area contributed by atoms with E-state index in [4.69, 9.17) is 15.9 Å². The Morgan fingerprint density at radius 1 is 1.00 bits per heavy atom. The molecule has 0 fully saturated rings. The van der Waals surface area contributed by atoms with Crippen molar-refractivity contribution in [3.05, 3.63) is 77.1 Å². The van der Waals surface area contributed by atoms with E-state index in [2.05, 4.69) is 10.9 Å². The molecule has 0 aliphatic carbocycles. The Labute approximate surface area is 183 Å². The van der Waals surface area contributed by atoms with Crippen molar-refractivity contribution in [2.24, 2.45) is 4.99 Å². The van der Waals surface area contributed by atoms with Crippen molar-refractivity contribution in [2.75, 3.05) is 13.2 Å². The summed E-state index contributed by atoms with van der Waals surface area (Å²) in [5, 5.41) is 0. The molecule has 1 aliphatic rings. The van der Waals surface area contributed by atoms with Crippen LogP contribution in [0, 0.1) is 12.3 Å². The molecule has 0 radical (unpaired) electrons. The summed E-state index contributed by atoms with van der Waals surface area (Å²) >= 11 is 1.40. The Morgan fingerprint density at radius 2 is 1.68 bits per heavy atom. The minimum Gasteiger partial charge on any atom is -0.486 e. The number of thiazole rings is 1. The van der Waals surface area contributed by atoms with Crippen LogP contribution in [0.1, 0.15) is 10.4 Å². The average molecular weight is 426 g/mol. The molecule has 5 rings (SSSR count). The lowest BCUT2D eigenvalue weighted by atomic mass is 10.0. The number of nitrogens with zero attached hydrogens (tertiary/aromatic N) is 2. The average Bonchev–Trinajstić information content (AvgIpc) is 3.14. The van der Waals surface area contributed by atoms with E-state index in [1.165, 1.54) is 11.3 Å². The number of amides is 1. The van der Waals surface area contributed by atoms with Gasteiger partial charge in [0.2, 0.25) is 0 Å². The van der Waals surface area contributed by atoms with E-state index in [9.17, 15) is 4.79 Å². The van der Waals surface area contributed by atoms with Gasteiger partial charge in [-0.25, -0.2) is 0 Å². The van der Waals surface area contributed by atoms with Crippen molar-refractivity contribution < 1.29 is 14.3 Å². The SMILES string of the molecule is C#CCn1c(=NC(=O)c2ccc(-c3ccccc3)cc2)sc2cc3c(cc21)OCCO3. The van der Waals surface area contributed by atoms with Gasteiger partial charge in [-0.3, -0.25) is 4.79 Å². The zero-order chi connectivity index (χ0) is 21.2. The number of fused-ring (bicyclic) bond motifs is 2. The van der Waals surface area contributed by atoms with E-state index < -0.39 is 0 Å². The summed E-state index contributed by atoms with van der Waals surface area (Å²) in [5.41, 5.74) is 3.55. The molecule has 5 nitrogen and oxygen atoms in total. The van der Waals surface area contributed by atoms with Crippen LogP contribution in [0.4, 0.5) is 0 Å². The summed E-state index contributed by atoms with van der Waals surface area (Å²) in [7, 11) is 0. The van der Waals surface area contributed by atoms with Gasteiger partial charge >= 0.3 is 0 Å². The number of aromatic nitrogens is 1. The molecule has 3 aromatic carbocycles. The molecule has 2 heterocycles. The summed E-state index contributed by atoms with van der Waals surface area (Å²) in [4.78, 5) is 17.8. The third kappa shape index (κ3) is 3.72. The van der Waals surface area contributed by atoms with E-state index in [0.717, 1.165) is 21.3 Å². The standard InChI is InChI=1S/C25H18N2O3S/c1-2-12-27-20-15-21-22(30-14-13-29-21)16-23(20)31-25(27)26-24(28)19-10-8-18(9-11-19)17-6-4-3-5-7-17/h1,3-11,15-16H,12-14H2. The number of hydrogen-bond acceptors (Lipinski definition) is 4. The van der Waals surface area contributed by atoms with Crippen LogP contribution in [0.2, 0.25) is 0 Å². The second-order valence-electron chi connectivity index (χ2n) is 7.00. The van der Waals surface area contributed by atoms with Gasteiger partial charge in [-0.05, 0) is 23.3 Å². The molecule has 0 saturated heterocycles. The predicted molar refractivity (Wildman–Crippen MR) is 121 cm³/mol. The second kappa shape index (κ2) is 8.13. The molecule has 0 N–H and O–H groups in total. The monoisotopic (exact) mass is 426 g/mol. The minimum absolute atomic E-state index is 0.304. The molecule has 4 aromatic rings. The van der Waals surface area contributed by atoms with Crippen LogP contribution in [0.3, 0.4) is 0 Å². The molecule has 0 unspecified atom stereocenters. The van der Waals surface area contributed by atoms with E-state index in [1.807, 2.05) is 59.2 Å². The predicted octanol–water partition coefficient (Wildman–Crippen LogP) is 4.52. The fourth-order valence-corrected chi connectivity index (χ4v) is 4.56. The van der Waals surface area contributed by atoms with Gasteiger partial charge < -0.3 is 14.0 Å². The lowest BCUT2D eigenvalue weighted by molar-refractivity contribution is 0.0998. The molecule has 1 amide bonds. The van der Waals surface area contributed by atoms with E-state index in [-0.39, 0.29) is 5.91 Å². The third-order valence-corrected chi connectivity index (χ3v) is 6.07. The fourth-order valence-electron chi connectivity index (χ4n) is 3.52. The quantitative estimate of drug-likeness (QED) is 0.453. The molecule has 6 heteroatoms. The number of benzene rings is 3. The van der Waals surface area contributed by atoms with Gasteiger partial charge in [0.05, 0.1) is 16.8 Å². The van der Waals surface area contributed by atoms with Crippen LogP contribution in [-0.4, -0.2) is 23.7 Å². The van der Waals surface area contributed by atoms with E-state index in [1.54, 1.807) is 12.1 Å². The minimum atomic E-state index is -0.311. The Hall–Kier alpha value is -3.82. The van der Waals surface area contributed by atoms with Crippen molar-refractivity contribution in [3.8, 4) is 35.0 Å². The van der Waals surface area contributed by atoms with Crippen molar-refractivity contribution >= 4 is 27.5 Å². The largest absolute Gasteiger partial charge is 0.486 e. The molecule has 152 valence electrons. The Morgan fingerprint density at radius 3 is 2.39 bits per heavy atom. The van der Waals surface area contributed by atoms with Crippen LogP contribution >= 0.6 is 11.3 Å². The molecule has 0 atom stereocenters. The van der Waals surface area contributed by atoms with E-state index >= 15 is 0 Å². The summed E-state index contributed by atoms with van der Waals surface area (Å²) in [6, 6.07) is 21.3. The van der Waals surface area contributed by atoms with Crippen LogP contribution in [0.15, 0.2) is 71.7 Å². The molecule has 31 heavy (non-hydrogen) atoms. The molecule has 1 aromatic heterocycles. The zero-order valence-electron chi connectivity index (χ0n) is 16.6. The summed E-state index contributed by atoms with van der Waals surface area (Å²) in [6.45, 7) is 1.33. The number of carbonyl (C=O) groups excluding carboxylic acids is 1. The Bertz CT molecular complexity index is 1380. The number of carbonyl (C=O) groups is 1. The lowest BCUT2D eigenvalue weighted by Crippen LogP contribution is -2.17. The summed E-state index contributed by atoms with van der Waals surface area (Å²) < 4.78 is 14.2. The van der Waals surface area contributed by atoms with E-state index in [0.29, 0.717) is 41.6 Å². The first-order valence-electron chi connectivity index (χ1n) is 9.84. The van der Waals surface area contributed by atoms with Crippen LogP contribution in [0.25, 0.3) is 21.3 Å². The number of hydrogen-bond donors (Lipinski definition) is 0. The van der Waals surface area contributed by atoms with Gasteiger partial charge in [-0.15, -0.1) is 6.42 Å². The number of terminal acetylenes is 1. The van der Waals surface area contributed by atoms with Gasteiger partial charge in [0.25, 0.3) is 5.91 Å². The fraction of sp³-hybridized carbons (Fsp3) is 0.120. The van der Waals surface area contributed by atoms with Crippen molar-refractivity contribution in [2.45, 2.75) is 6.54 Å². The topological polar surface area (TPSA) is 52.8 Å². The molecular formula is C25H18N2O3S. The van der Waals surface area contributed by atoms with Gasteiger partial charge in [0.15, 0.2) is 16.3 Å². The van der Waals surface area contributed by atoms with Crippen molar-refractivity contribution in [1.29, 1.82) is 0 Å². The summed E-state index contributed by atoms with van der Waals surface area (Å²) in [6.07, 6.45) is 5.58. The molecular weight excluding hydrogens is 408 g/mol. The van der Waals surface area contributed by atoms with Gasteiger partial charge in [-0.1, -0.05) is 59.7 Å². The van der Waals surface area contributed by atoms with Crippen molar-refractivity contribution in [3.63, 3.8) is 0 Å². The van der Waals surface area contributed by atoms with Gasteiger partial charge in [0.1, 0.15) is 13.2 Å². The van der Waals surface area contributed by atoms with Gasteiger partial charge in [-0.2, -0.15) is 4.99 Å². The third-order valence-electron chi connectivity index (χ3n) is 5.03. The van der Waals surface area contributed by atoms with Crippen LogP contribution in [0.5, 0.6) is 11.5 Å². The van der Waals surface area contributed by atoms with Crippen LogP contribution in [-0.2, 0) is 6.54 Å². The molecule has 1 aliphatic heterocycles. The highest BCUT2D eigenvalue weighted by Crippen LogP contribution is 2.35. The highest BCUT2D eigenvalue weighted by Gasteiger charge is 2.17. The number of ether oxygens (including phenoxy) is 2. The Balaban J connectivity index is 1.53. The second-order valence-corrected chi connectivity index (χ2v) is 8.01. The highest BCUT2D eigenvalue weighted by atomic mass is 32.1. The number of rotatable bonds is 3. The Kier molecular flexibility index (Phi) is 5.03. The molecule has 0 bridgehead atoms.